The average Bonchev–Trinajstić information content (AvgIpc) is 2.79. The predicted molar refractivity (Wildman–Crippen MR) is 69.4 cm³/mol. The van der Waals surface area contributed by atoms with Crippen LogP contribution in [-0.2, 0) is 0 Å². The lowest BCUT2D eigenvalue weighted by Gasteiger charge is -2.10. The molecule has 1 saturated heterocycles. The van der Waals surface area contributed by atoms with Gasteiger partial charge in [0, 0.05) is 11.8 Å². The van der Waals surface area contributed by atoms with E-state index in [-0.39, 0.29) is 12.0 Å². The largest absolute Gasteiger partial charge is 0.464 e. The number of thioether (sulfide) groups is 1. The Morgan fingerprint density at radius 1 is 1.47 bits per heavy atom. The van der Waals surface area contributed by atoms with Gasteiger partial charge in [0.05, 0.1) is 6.61 Å². The van der Waals surface area contributed by atoms with Gasteiger partial charge >= 0.3 is 6.01 Å². The summed E-state index contributed by atoms with van der Waals surface area (Å²) in [6.45, 7) is 3.25. The minimum absolute atomic E-state index is 0.185. The molecule has 17 heavy (non-hydrogen) atoms. The van der Waals surface area contributed by atoms with Crippen LogP contribution < -0.4 is 15.8 Å². The average molecular weight is 255 g/mol. The zero-order valence-corrected chi connectivity index (χ0v) is 10.7. The number of nitrogens with two attached hydrogens (primary N) is 1. The van der Waals surface area contributed by atoms with Gasteiger partial charge in [-0.25, -0.2) is 0 Å². The van der Waals surface area contributed by atoms with Gasteiger partial charge in [0.2, 0.25) is 11.9 Å². The van der Waals surface area contributed by atoms with E-state index in [1.54, 1.807) is 0 Å². The van der Waals surface area contributed by atoms with Crippen LogP contribution in [0.2, 0.25) is 0 Å². The predicted octanol–water partition coefficient (Wildman–Crippen LogP) is 1.16. The standard InChI is InChI=1S/C10H17N5OS/c1-2-16-10-14-8(11)13-9(15-10)12-6-7-4-3-5-17-7/h7H,2-6H2,1H3,(H3,11,12,13,14,15). The van der Waals surface area contributed by atoms with Crippen molar-refractivity contribution >= 4 is 23.7 Å². The van der Waals surface area contributed by atoms with Crippen LogP contribution in [0.15, 0.2) is 0 Å². The van der Waals surface area contributed by atoms with Crippen LogP contribution in [0.5, 0.6) is 6.01 Å². The minimum atomic E-state index is 0.185. The summed E-state index contributed by atoms with van der Waals surface area (Å²) >= 11 is 1.98. The molecule has 1 aromatic rings. The van der Waals surface area contributed by atoms with Gasteiger partial charge in [-0.3, -0.25) is 0 Å². The molecular weight excluding hydrogens is 238 g/mol. The van der Waals surface area contributed by atoms with E-state index < -0.39 is 0 Å². The first-order valence-electron chi connectivity index (χ1n) is 5.77. The minimum Gasteiger partial charge on any atom is -0.464 e. The summed E-state index contributed by atoms with van der Waals surface area (Å²) in [4.78, 5) is 12.1. The molecule has 3 N–H and O–H groups in total. The number of nitrogens with zero attached hydrogens (tertiary/aromatic N) is 3. The van der Waals surface area contributed by atoms with Gasteiger partial charge in [0.1, 0.15) is 0 Å². The number of hydrogen-bond acceptors (Lipinski definition) is 7. The topological polar surface area (TPSA) is 86.0 Å². The highest BCUT2D eigenvalue weighted by Gasteiger charge is 2.15. The van der Waals surface area contributed by atoms with Crippen LogP contribution in [0.4, 0.5) is 11.9 Å². The zero-order chi connectivity index (χ0) is 12.1. The molecule has 0 bridgehead atoms. The third-order valence-corrected chi connectivity index (χ3v) is 3.82. The van der Waals surface area contributed by atoms with Crippen LogP contribution in [0.25, 0.3) is 0 Å². The maximum Gasteiger partial charge on any atom is 0.323 e. The van der Waals surface area contributed by atoms with Crippen molar-refractivity contribution in [3.05, 3.63) is 0 Å². The molecule has 2 heterocycles. The van der Waals surface area contributed by atoms with Crippen molar-refractivity contribution in [2.24, 2.45) is 0 Å². The highest BCUT2D eigenvalue weighted by Crippen LogP contribution is 2.26. The highest BCUT2D eigenvalue weighted by molar-refractivity contribution is 8.00. The van der Waals surface area contributed by atoms with Crippen molar-refractivity contribution < 1.29 is 4.74 Å². The van der Waals surface area contributed by atoms with Gasteiger partial charge in [-0.05, 0) is 25.5 Å². The fraction of sp³-hybridized carbons (Fsp3) is 0.700. The second kappa shape index (κ2) is 5.90. The Morgan fingerprint density at radius 3 is 3.06 bits per heavy atom. The zero-order valence-electron chi connectivity index (χ0n) is 9.85. The fourth-order valence-corrected chi connectivity index (χ4v) is 2.86. The molecule has 0 spiro atoms. The van der Waals surface area contributed by atoms with Gasteiger partial charge in [-0.1, -0.05) is 0 Å². The fourth-order valence-electron chi connectivity index (χ4n) is 1.66. The van der Waals surface area contributed by atoms with Crippen LogP contribution in [-0.4, -0.2) is 39.1 Å². The van der Waals surface area contributed by atoms with E-state index in [1.165, 1.54) is 18.6 Å². The van der Waals surface area contributed by atoms with E-state index in [0.29, 0.717) is 17.8 Å². The van der Waals surface area contributed by atoms with Crippen molar-refractivity contribution in [3.63, 3.8) is 0 Å². The number of ether oxygens (including phenoxy) is 1. The molecule has 0 radical (unpaired) electrons. The summed E-state index contributed by atoms with van der Waals surface area (Å²) in [5.74, 6) is 1.93. The molecule has 0 amide bonds. The van der Waals surface area contributed by atoms with E-state index in [9.17, 15) is 0 Å². The Hall–Kier alpha value is -1.24. The summed E-state index contributed by atoms with van der Waals surface area (Å²) in [5, 5.41) is 3.83. The molecule has 2 rings (SSSR count). The molecule has 0 aliphatic carbocycles. The first-order chi connectivity index (χ1) is 8.28. The SMILES string of the molecule is CCOc1nc(N)nc(NCC2CCCS2)n1. The first kappa shape index (κ1) is 12.2. The van der Waals surface area contributed by atoms with Gasteiger partial charge in [-0.2, -0.15) is 26.7 Å². The lowest BCUT2D eigenvalue weighted by Crippen LogP contribution is -2.16. The van der Waals surface area contributed by atoms with Crippen molar-refractivity contribution in [2.75, 3.05) is 30.0 Å². The van der Waals surface area contributed by atoms with E-state index in [1.807, 2.05) is 18.7 Å². The molecule has 6 nitrogen and oxygen atoms in total. The normalized spacial score (nSPS) is 19.2. The lowest BCUT2D eigenvalue weighted by atomic mass is 10.2. The van der Waals surface area contributed by atoms with Gasteiger partial charge in [0.15, 0.2) is 0 Å². The summed E-state index contributed by atoms with van der Waals surface area (Å²) in [5.41, 5.74) is 5.59. The smallest absolute Gasteiger partial charge is 0.323 e. The molecule has 1 atom stereocenters. The Morgan fingerprint density at radius 2 is 2.35 bits per heavy atom. The molecular formula is C10H17N5OS. The van der Waals surface area contributed by atoms with E-state index in [0.717, 1.165) is 6.54 Å². The van der Waals surface area contributed by atoms with E-state index in [4.69, 9.17) is 10.5 Å². The van der Waals surface area contributed by atoms with Crippen molar-refractivity contribution in [2.45, 2.75) is 25.0 Å². The summed E-state index contributed by atoms with van der Waals surface area (Å²) in [6, 6.07) is 0.279. The molecule has 1 aliphatic heterocycles. The molecule has 1 aliphatic rings. The first-order valence-corrected chi connectivity index (χ1v) is 6.82. The number of hydrogen-bond donors (Lipinski definition) is 2. The number of rotatable bonds is 5. The highest BCUT2D eigenvalue weighted by atomic mass is 32.2. The van der Waals surface area contributed by atoms with Gasteiger partial charge in [-0.15, -0.1) is 0 Å². The third kappa shape index (κ3) is 3.62. The Balaban J connectivity index is 1.94. The number of nitrogens with one attached hydrogen (secondary N) is 1. The maximum atomic E-state index is 5.59. The van der Waals surface area contributed by atoms with E-state index >= 15 is 0 Å². The number of nitrogen functional groups attached to an aromatic ring is 1. The Bertz CT molecular complexity index is 370. The molecule has 1 fully saturated rings. The van der Waals surface area contributed by atoms with E-state index in [2.05, 4.69) is 20.3 Å². The van der Waals surface area contributed by atoms with Crippen molar-refractivity contribution in [3.8, 4) is 6.01 Å². The molecule has 0 aromatic carbocycles. The van der Waals surface area contributed by atoms with Crippen molar-refractivity contribution in [1.82, 2.24) is 15.0 Å². The summed E-state index contributed by atoms with van der Waals surface area (Å²) < 4.78 is 5.21. The molecule has 7 heteroatoms. The second-order valence-corrected chi connectivity index (χ2v) is 5.16. The molecule has 1 aromatic heterocycles. The third-order valence-electron chi connectivity index (χ3n) is 2.42. The Labute approximate surface area is 105 Å². The quantitative estimate of drug-likeness (QED) is 0.816. The van der Waals surface area contributed by atoms with Gasteiger partial charge < -0.3 is 15.8 Å². The molecule has 94 valence electrons. The van der Waals surface area contributed by atoms with Crippen LogP contribution in [0, 0.1) is 0 Å². The molecule has 1 unspecified atom stereocenters. The number of anilines is 2. The van der Waals surface area contributed by atoms with Crippen LogP contribution >= 0.6 is 11.8 Å². The summed E-state index contributed by atoms with van der Waals surface area (Å²) in [6.07, 6.45) is 2.54. The number of aromatic nitrogens is 3. The maximum absolute atomic E-state index is 5.59. The van der Waals surface area contributed by atoms with Gasteiger partial charge in [0.25, 0.3) is 0 Å². The summed E-state index contributed by atoms with van der Waals surface area (Å²) in [7, 11) is 0. The monoisotopic (exact) mass is 255 g/mol. The molecule has 0 saturated carbocycles. The van der Waals surface area contributed by atoms with Crippen LogP contribution in [0.3, 0.4) is 0 Å². The lowest BCUT2D eigenvalue weighted by molar-refractivity contribution is 0.312. The Kier molecular flexibility index (Phi) is 4.24. The second-order valence-electron chi connectivity index (χ2n) is 3.75. The van der Waals surface area contributed by atoms with Crippen LogP contribution in [0.1, 0.15) is 19.8 Å². The van der Waals surface area contributed by atoms with Crippen molar-refractivity contribution in [1.29, 1.82) is 0 Å².